The maximum Gasteiger partial charge on any atom is 0.252 e. The van der Waals surface area contributed by atoms with Gasteiger partial charge in [0.25, 0.3) is 5.91 Å². The number of ether oxygens (including phenoxy) is 2. The Morgan fingerprint density at radius 3 is 2.26 bits per heavy atom. The topological polar surface area (TPSA) is 99.9 Å². The molecule has 6 heteroatoms. The Bertz CT molecular complexity index is 502. The lowest BCUT2D eigenvalue weighted by Crippen LogP contribution is -2.24. The summed E-state index contributed by atoms with van der Waals surface area (Å²) in [5, 5.41) is 0. The normalized spacial score (nSPS) is 20.5. The summed E-state index contributed by atoms with van der Waals surface area (Å²) in [6.45, 7) is 0. The van der Waals surface area contributed by atoms with E-state index in [1.54, 1.807) is 20.3 Å². The monoisotopic (exact) mass is 263 g/mol. The van der Waals surface area contributed by atoms with E-state index < -0.39 is 0 Å². The van der Waals surface area contributed by atoms with Gasteiger partial charge in [-0.3, -0.25) is 4.79 Å². The summed E-state index contributed by atoms with van der Waals surface area (Å²) in [6.07, 6.45) is 0.742. The van der Waals surface area contributed by atoms with Gasteiger partial charge in [-0.1, -0.05) is 0 Å². The van der Waals surface area contributed by atoms with Gasteiger partial charge in [-0.05, 0) is 30.0 Å². The molecular weight excluding hydrogens is 246 g/mol. The highest BCUT2D eigenvalue weighted by molar-refractivity contribution is 5.94. The van der Waals surface area contributed by atoms with Gasteiger partial charge in [0.1, 0.15) is 11.5 Å². The number of amides is 1. The van der Waals surface area contributed by atoms with Crippen LogP contribution in [0.5, 0.6) is 11.5 Å². The fourth-order valence-corrected chi connectivity index (χ4v) is 2.09. The molecule has 1 fully saturated rings. The highest BCUT2D eigenvalue weighted by Gasteiger charge is 2.44. The second-order valence-electron chi connectivity index (χ2n) is 4.47. The first kappa shape index (κ1) is 13.2. The van der Waals surface area contributed by atoms with Crippen LogP contribution in [0.3, 0.4) is 0 Å². The molecule has 1 saturated carbocycles. The molecule has 2 rings (SSSR count). The summed E-state index contributed by atoms with van der Waals surface area (Å²) >= 11 is 0. The fraction of sp³-hybridized carbons (Fsp3) is 0.385. The van der Waals surface area contributed by atoms with Gasteiger partial charge in [-0.2, -0.15) is 4.99 Å². The van der Waals surface area contributed by atoms with E-state index in [-0.39, 0.29) is 23.7 Å². The van der Waals surface area contributed by atoms with E-state index in [0.29, 0.717) is 11.5 Å². The lowest BCUT2D eigenvalue weighted by molar-refractivity contribution is -0.119. The number of carbonyl (C=O) groups is 1. The molecule has 4 N–H and O–H groups in total. The number of rotatable bonds is 4. The Balaban J connectivity index is 2.17. The third-order valence-corrected chi connectivity index (χ3v) is 3.15. The molecule has 0 saturated heterocycles. The van der Waals surface area contributed by atoms with Gasteiger partial charge in [0.2, 0.25) is 0 Å². The molecule has 1 aromatic carbocycles. The van der Waals surface area contributed by atoms with Crippen LogP contribution < -0.4 is 20.9 Å². The van der Waals surface area contributed by atoms with Crippen LogP contribution in [0.15, 0.2) is 23.2 Å². The molecule has 1 aromatic rings. The van der Waals surface area contributed by atoms with Crippen LogP contribution in [0.1, 0.15) is 17.9 Å². The Kier molecular flexibility index (Phi) is 3.59. The van der Waals surface area contributed by atoms with Crippen molar-refractivity contribution in [2.75, 3.05) is 14.2 Å². The second-order valence-corrected chi connectivity index (χ2v) is 4.47. The molecule has 0 aliphatic heterocycles. The van der Waals surface area contributed by atoms with Gasteiger partial charge in [0.15, 0.2) is 5.96 Å². The van der Waals surface area contributed by atoms with Gasteiger partial charge in [-0.15, -0.1) is 0 Å². The number of guanidine groups is 1. The van der Waals surface area contributed by atoms with Crippen molar-refractivity contribution >= 4 is 11.9 Å². The highest BCUT2D eigenvalue weighted by Crippen LogP contribution is 2.49. The average Bonchev–Trinajstić information content (AvgIpc) is 3.17. The van der Waals surface area contributed by atoms with Gasteiger partial charge >= 0.3 is 0 Å². The van der Waals surface area contributed by atoms with E-state index in [1.807, 2.05) is 12.1 Å². The van der Waals surface area contributed by atoms with E-state index in [9.17, 15) is 4.79 Å². The second kappa shape index (κ2) is 5.17. The fourth-order valence-electron chi connectivity index (χ4n) is 2.09. The molecular formula is C13H17N3O3. The standard InChI is InChI=1S/C13H17N3O3/c1-18-8-3-7(4-9(5-8)19-2)10-6-11(10)12(17)16-13(14)15/h3-5,10-11H,6H2,1-2H3,(H4,14,15,16,17). The van der Waals surface area contributed by atoms with Crippen molar-refractivity contribution in [2.24, 2.45) is 22.4 Å². The Morgan fingerprint density at radius 2 is 1.79 bits per heavy atom. The van der Waals surface area contributed by atoms with Gasteiger partial charge in [-0.25, -0.2) is 0 Å². The molecule has 1 aliphatic rings. The van der Waals surface area contributed by atoms with Gasteiger partial charge in [0.05, 0.1) is 14.2 Å². The molecule has 0 spiro atoms. The summed E-state index contributed by atoms with van der Waals surface area (Å²) < 4.78 is 10.4. The average molecular weight is 263 g/mol. The van der Waals surface area contributed by atoms with E-state index >= 15 is 0 Å². The Hall–Kier alpha value is -2.24. The molecule has 6 nitrogen and oxygen atoms in total. The van der Waals surface area contributed by atoms with Crippen molar-refractivity contribution < 1.29 is 14.3 Å². The molecule has 19 heavy (non-hydrogen) atoms. The first-order chi connectivity index (χ1) is 9.05. The molecule has 0 bridgehead atoms. The molecule has 2 atom stereocenters. The number of aliphatic imine (C=N–C) groups is 1. The quantitative estimate of drug-likeness (QED) is 0.612. The van der Waals surface area contributed by atoms with Gasteiger partial charge < -0.3 is 20.9 Å². The van der Waals surface area contributed by atoms with Crippen molar-refractivity contribution in [1.29, 1.82) is 0 Å². The van der Waals surface area contributed by atoms with Crippen molar-refractivity contribution in [2.45, 2.75) is 12.3 Å². The van der Waals surface area contributed by atoms with Crippen molar-refractivity contribution in [3.63, 3.8) is 0 Å². The van der Waals surface area contributed by atoms with Crippen molar-refractivity contribution in [3.8, 4) is 11.5 Å². The summed E-state index contributed by atoms with van der Waals surface area (Å²) in [5.41, 5.74) is 11.4. The molecule has 2 unspecified atom stereocenters. The molecule has 102 valence electrons. The minimum atomic E-state index is -0.271. The molecule has 0 aromatic heterocycles. The zero-order chi connectivity index (χ0) is 14.0. The van der Waals surface area contributed by atoms with E-state index in [1.165, 1.54) is 0 Å². The van der Waals surface area contributed by atoms with Crippen LogP contribution >= 0.6 is 0 Å². The minimum Gasteiger partial charge on any atom is -0.497 e. The molecule has 0 radical (unpaired) electrons. The van der Waals surface area contributed by atoms with Crippen molar-refractivity contribution in [3.05, 3.63) is 23.8 Å². The predicted octanol–water partition coefficient (Wildman–Crippen LogP) is 0.607. The van der Waals surface area contributed by atoms with Crippen LogP contribution in [0.4, 0.5) is 0 Å². The zero-order valence-electron chi connectivity index (χ0n) is 10.9. The number of nitrogens with two attached hydrogens (primary N) is 2. The van der Waals surface area contributed by atoms with Crippen LogP contribution in [-0.2, 0) is 4.79 Å². The molecule has 1 amide bonds. The highest BCUT2D eigenvalue weighted by atomic mass is 16.5. The van der Waals surface area contributed by atoms with Crippen molar-refractivity contribution in [1.82, 2.24) is 0 Å². The maximum atomic E-state index is 11.7. The van der Waals surface area contributed by atoms with Crippen LogP contribution in [-0.4, -0.2) is 26.1 Å². The number of carbonyl (C=O) groups excluding carboxylic acids is 1. The summed E-state index contributed by atoms with van der Waals surface area (Å²) in [4.78, 5) is 15.3. The van der Waals surface area contributed by atoms with Crippen LogP contribution in [0.2, 0.25) is 0 Å². The van der Waals surface area contributed by atoms with Gasteiger partial charge in [0, 0.05) is 12.0 Å². The Morgan fingerprint density at radius 1 is 1.21 bits per heavy atom. The minimum absolute atomic E-state index is 0.125. The lowest BCUT2D eigenvalue weighted by Gasteiger charge is -2.07. The first-order valence-corrected chi connectivity index (χ1v) is 5.91. The number of nitrogens with zero attached hydrogens (tertiary/aromatic N) is 1. The summed E-state index contributed by atoms with van der Waals surface area (Å²) in [6, 6.07) is 5.59. The number of benzene rings is 1. The third-order valence-electron chi connectivity index (χ3n) is 3.15. The number of hydrogen-bond donors (Lipinski definition) is 2. The first-order valence-electron chi connectivity index (χ1n) is 5.91. The third kappa shape index (κ3) is 2.96. The Labute approximate surface area is 111 Å². The molecule has 0 heterocycles. The lowest BCUT2D eigenvalue weighted by atomic mass is 10.1. The molecule has 1 aliphatic carbocycles. The van der Waals surface area contributed by atoms with E-state index in [4.69, 9.17) is 20.9 Å². The zero-order valence-corrected chi connectivity index (χ0v) is 10.9. The number of methoxy groups -OCH3 is 2. The predicted molar refractivity (Wildman–Crippen MR) is 71.2 cm³/mol. The van der Waals surface area contributed by atoms with E-state index in [2.05, 4.69) is 4.99 Å². The van der Waals surface area contributed by atoms with Crippen LogP contribution in [0.25, 0.3) is 0 Å². The summed E-state index contributed by atoms with van der Waals surface area (Å²) in [5.74, 6) is 0.910. The SMILES string of the molecule is COc1cc(OC)cc(C2CC2C(=O)N=C(N)N)c1. The number of hydrogen-bond acceptors (Lipinski definition) is 3. The maximum absolute atomic E-state index is 11.7. The smallest absolute Gasteiger partial charge is 0.252 e. The van der Waals surface area contributed by atoms with E-state index in [0.717, 1.165) is 12.0 Å². The van der Waals surface area contributed by atoms with Crippen LogP contribution in [0, 0.1) is 5.92 Å². The largest absolute Gasteiger partial charge is 0.497 e. The summed E-state index contributed by atoms with van der Waals surface area (Å²) in [7, 11) is 3.18.